The Balaban J connectivity index is 0.000000478. The van der Waals surface area contributed by atoms with Crippen LogP contribution in [0.15, 0.2) is 35.0 Å². The number of aromatic amines is 1. The third-order valence-electron chi connectivity index (χ3n) is 5.11. The molecule has 3 rings (SSSR count). The van der Waals surface area contributed by atoms with Gasteiger partial charge in [0.05, 0.1) is 17.9 Å². The topological polar surface area (TPSA) is 58.9 Å². The van der Waals surface area contributed by atoms with Gasteiger partial charge in [-0.1, -0.05) is 75.3 Å². The lowest BCUT2D eigenvalue weighted by molar-refractivity contribution is 0.541. The Kier molecular flexibility index (Phi) is 8.50. The fourth-order valence-electron chi connectivity index (χ4n) is 3.16. The summed E-state index contributed by atoms with van der Waals surface area (Å²) >= 11 is 0. The highest BCUT2D eigenvalue weighted by Gasteiger charge is 2.23. The zero-order chi connectivity index (χ0) is 27.4. The normalized spacial score (nSPS) is 14.8. The van der Waals surface area contributed by atoms with Gasteiger partial charge in [0.25, 0.3) is 0 Å². The maximum Gasteiger partial charge on any atom is 0.0678 e. The number of aryl methyl sites for hydroxylation is 2. The first-order valence-corrected chi connectivity index (χ1v) is 11.8. The second-order valence-electron chi connectivity index (χ2n) is 11.4. The molecule has 1 aliphatic rings. The Morgan fingerprint density at radius 3 is 1.97 bits per heavy atom. The van der Waals surface area contributed by atoms with Gasteiger partial charge in [-0.2, -0.15) is 10.2 Å². The molecular weight excluding hydrogens is 394 g/mol. The number of H-pyrrole nitrogens is 1. The first-order chi connectivity index (χ1) is 16.1. The summed E-state index contributed by atoms with van der Waals surface area (Å²) < 4.78 is 19.0. The van der Waals surface area contributed by atoms with Gasteiger partial charge in [0.15, 0.2) is 0 Å². The lowest BCUT2D eigenvalue weighted by Crippen LogP contribution is -2.20. The minimum absolute atomic E-state index is 0.0872. The molecule has 2 aromatic heterocycles. The lowest BCUT2D eigenvalue weighted by atomic mass is 9.85. The van der Waals surface area contributed by atoms with Crippen LogP contribution in [0.3, 0.4) is 0 Å². The molecule has 0 saturated carbocycles. The molecule has 0 radical (unpaired) electrons. The van der Waals surface area contributed by atoms with E-state index in [4.69, 9.17) is 4.34 Å². The number of rotatable bonds is 2. The third-order valence-corrected chi connectivity index (χ3v) is 5.11. The molecule has 0 atom stereocenters. The summed E-state index contributed by atoms with van der Waals surface area (Å²) in [6.07, 6.45) is 5.39. The summed E-state index contributed by atoms with van der Waals surface area (Å²) in [7, 11) is 0. The molecule has 2 aromatic rings. The molecule has 0 amide bonds. The molecule has 3 heterocycles. The van der Waals surface area contributed by atoms with Crippen LogP contribution < -0.4 is 0 Å². The second-order valence-corrected chi connectivity index (χ2v) is 11.4. The van der Waals surface area contributed by atoms with E-state index < -0.39 is 0 Å². The predicted molar refractivity (Wildman–Crippen MR) is 141 cm³/mol. The summed E-state index contributed by atoms with van der Waals surface area (Å²) in [4.78, 5) is 4.48. The van der Waals surface area contributed by atoms with Gasteiger partial charge in [-0.3, -0.25) is 14.8 Å². The van der Waals surface area contributed by atoms with E-state index in [1.165, 1.54) is 17.0 Å². The molecule has 1 aliphatic heterocycles. The monoisotopic (exact) mass is 449 g/mol. The molecule has 1 N–H and O–H groups in total. The number of nitrogens with one attached hydrogen (secondary N) is 1. The quantitative estimate of drug-likeness (QED) is 0.523. The van der Waals surface area contributed by atoms with Gasteiger partial charge >= 0.3 is 0 Å². The Labute approximate surface area is 201 Å². The fraction of sp³-hybridized carbons (Fsp3) is 0.667. The van der Waals surface area contributed by atoms with Gasteiger partial charge in [-0.15, -0.1) is 0 Å². The van der Waals surface area contributed by atoms with E-state index in [2.05, 4.69) is 109 Å². The Morgan fingerprint density at radius 1 is 1.03 bits per heavy atom. The second kappa shape index (κ2) is 11.1. The van der Waals surface area contributed by atoms with Crippen molar-refractivity contribution in [1.82, 2.24) is 20.0 Å². The van der Waals surface area contributed by atoms with Gasteiger partial charge in [0, 0.05) is 44.7 Å². The van der Waals surface area contributed by atoms with Crippen molar-refractivity contribution in [3.63, 3.8) is 0 Å². The summed E-state index contributed by atoms with van der Waals surface area (Å²) in [5.41, 5.74) is 6.33. The zero-order valence-corrected chi connectivity index (χ0v) is 22.4. The van der Waals surface area contributed by atoms with Gasteiger partial charge in [-0.05, 0) is 38.0 Å². The van der Waals surface area contributed by atoms with Crippen LogP contribution in [0.25, 0.3) is 0 Å². The maximum atomic E-state index is 7.09. The van der Waals surface area contributed by atoms with Gasteiger partial charge in [-0.25, -0.2) is 0 Å². The summed E-state index contributed by atoms with van der Waals surface area (Å²) in [6, 6.07) is 4.04. The summed E-state index contributed by atoms with van der Waals surface area (Å²) in [6.45, 7) is 25.9. The lowest BCUT2D eigenvalue weighted by Gasteiger charge is -2.20. The van der Waals surface area contributed by atoms with Crippen LogP contribution in [0, 0.1) is 12.3 Å². The van der Waals surface area contributed by atoms with Gasteiger partial charge in [0.2, 0.25) is 0 Å². The number of nitrogens with zero attached hydrogens (tertiary/aromatic N) is 4. The van der Waals surface area contributed by atoms with Crippen LogP contribution in [0.5, 0.6) is 0 Å². The first-order valence-electron chi connectivity index (χ1n) is 13.5. The highest BCUT2D eigenvalue weighted by molar-refractivity contribution is 6.05. The Morgan fingerprint density at radius 2 is 1.66 bits per heavy atom. The van der Waals surface area contributed by atoms with Gasteiger partial charge in [0.1, 0.15) is 0 Å². The summed E-state index contributed by atoms with van der Waals surface area (Å²) in [5, 5.41) is 11.4. The van der Waals surface area contributed by atoms with E-state index in [-0.39, 0.29) is 23.1 Å². The number of allylic oxidation sites excluding steroid dienone is 1. The maximum absolute atomic E-state index is 7.09. The van der Waals surface area contributed by atoms with Crippen molar-refractivity contribution in [3.8, 4) is 0 Å². The average molecular weight is 450 g/mol. The van der Waals surface area contributed by atoms with Crippen molar-refractivity contribution in [2.45, 2.75) is 107 Å². The van der Waals surface area contributed by atoms with Crippen LogP contribution in [0.4, 0.5) is 0 Å². The van der Waals surface area contributed by atoms with Crippen molar-refractivity contribution in [2.24, 2.45) is 10.4 Å². The molecule has 5 heteroatoms. The molecule has 0 aromatic carbocycles. The standard InChI is InChI=1S/C10H17N.C9H16N2.C8H14N2.H2/c1-5-8-6-7-11-9(8)10(2,3)4;1-5-11-7-6-8(10-11)9(2,3)4;1-6-5-7(10-9-6)8(2,3)4;/h6H,5,7H2,1-4H3;6-7H,5H2,1-4H3;5H,1-4H3,(H,9,10);1H/i;;1T;1+2T. The van der Waals surface area contributed by atoms with Crippen LogP contribution in [-0.2, 0) is 17.4 Å². The smallest absolute Gasteiger partial charge is 0.0678 e. The molecular formula is C27H49N5. The molecule has 0 saturated heterocycles. The SMILES string of the molecule is CCC1=CCN=C1C(C)(C)C.CCn1ccc(C(C)(C)C)n1.[3H]Cc1cc(C(C)(C)C)n[nH]1.[3H][3H]. The molecule has 0 aliphatic carbocycles. The van der Waals surface area contributed by atoms with E-state index in [1.54, 1.807) is 0 Å². The average Bonchev–Trinajstić information content (AvgIpc) is 3.54. The molecule has 0 unspecified atom stereocenters. The summed E-state index contributed by atoms with van der Waals surface area (Å²) in [5.74, 6) is 0. The number of aliphatic imine (C=N–C) groups is 1. The molecule has 0 spiro atoms. The van der Waals surface area contributed by atoms with Crippen molar-refractivity contribution < 1.29 is 4.34 Å². The number of hydrogen-bond donors (Lipinski definition) is 1. The van der Waals surface area contributed by atoms with Crippen LogP contribution in [0.1, 0.15) is 104 Å². The van der Waals surface area contributed by atoms with Crippen molar-refractivity contribution in [3.05, 3.63) is 47.1 Å². The molecule has 32 heavy (non-hydrogen) atoms. The van der Waals surface area contributed by atoms with E-state index in [0.29, 0.717) is 0 Å². The molecule has 5 nitrogen and oxygen atoms in total. The van der Waals surface area contributed by atoms with Gasteiger partial charge < -0.3 is 0 Å². The van der Waals surface area contributed by atoms with Crippen molar-refractivity contribution >= 4 is 5.71 Å². The Bertz CT molecular complexity index is 867. The first kappa shape index (κ1) is 24.5. The molecule has 0 fully saturated rings. The van der Waals surface area contributed by atoms with Crippen LogP contribution >= 0.6 is 0 Å². The minimum atomic E-state index is 0.0872. The zero-order valence-electron chi connectivity index (χ0n) is 25.4. The van der Waals surface area contributed by atoms with E-state index in [1.807, 2.05) is 16.9 Å². The largest absolute Gasteiger partial charge is 0.285 e. The van der Waals surface area contributed by atoms with E-state index in [9.17, 15) is 0 Å². The van der Waals surface area contributed by atoms with Crippen molar-refractivity contribution in [1.29, 1.82) is 0 Å². The van der Waals surface area contributed by atoms with E-state index >= 15 is 0 Å². The van der Waals surface area contributed by atoms with Crippen LogP contribution in [-0.4, -0.2) is 32.2 Å². The van der Waals surface area contributed by atoms with E-state index in [0.717, 1.165) is 30.9 Å². The predicted octanol–water partition coefficient (Wildman–Crippen LogP) is 7.29. The Hall–Kier alpha value is -2.17. The highest BCUT2D eigenvalue weighted by atomic mass is 15.3. The van der Waals surface area contributed by atoms with Crippen molar-refractivity contribution in [2.75, 3.05) is 6.54 Å². The number of hydrogen-bond acceptors (Lipinski definition) is 3. The molecule has 0 bridgehead atoms. The van der Waals surface area contributed by atoms with Crippen LogP contribution in [0.2, 0.25) is 0 Å². The third kappa shape index (κ3) is 8.76. The fourth-order valence-corrected chi connectivity index (χ4v) is 3.16. The molecule has 182 valence electrons. The minimum Gasteiger partial charge on any atom is -0.285 e. The number of aromatic nitrogens is 4. The highest BCUT2D eigenvalue weighted by Crippen LogP contribution is 2.26.